The Morgan fingerprint density at radius 3 is 2.80 bits per heavy atom. The molecule has 0 atom stereocenters. The fraction of sp³-hybridized carbons (Fsp3) is 0.600. The molecule has 0 N–H and O–H groups in total. The smallest absolute Gasteiger partial charge is 0.235 e. The van der Waals surface area contributed by atoms with Gasteiger partial charge >= 0.3 is 0 Å². The molecular weight excluding hydrogens is 157 g/mol. The van der Waals surface area contributed by atoms with Gasteiger partial charge in [-0.25, -0.2) is 4.39 Å². The molecule has 56 valence electrons. The van der Waals surface area contributed by atoms with Crippen LogP contribution in [0.4, 0.5) is 4.39 Å². The second-order valence-electron chi connectivity index (χ2n) is 1.87. The van der Waals surface area contributed by atoms with Gasteiger partial charge < -0.3 is 4.90 Å². The molecule has 1 rings (SSSR count). The van der Waals surface area contributed by atoms with Crippen LogP contribution in [0.5, 0.6) is 0 Å². The Bertz CT molecular complexity index is 173. The molecular formula is C5H6FNO2S. The van der Waals surface area contributed by atoms with Gasteiger partial charge in [0.25, 0.3) is 0 Å². The third kappa shape index (κ3) is 1.47. The third-order valence-corrected chi connectivity index (χ3v) is 2.02. The Morgan fingerprint density at radius 2 is 2.30 bits per heavy atom. The highest BCUT2D eigenvalue weighted by molar-refractivity contribution is 8.14. The van der Waals surface area contributed by atoms with E-state index in [9.17, 15) is 14.0 Å². The monoisotopic (exact) mass is 163 g/mol. The maximum Gasteiger partial charge on any atom is 0.235 e. The molecule has 10 heavy (non-hydrogen) atoms. The molecule has 0 bridgehead atoms. The largest absolute Gasteiger partial charge is 0.306 e. The van der Waals surface area contributed by atoms with E-state index in [1.54, 1.807) is 0 Å². The molecule has 1 aliphatic rings. The lowest BCUT2D eigenvalue weighted by Crippen LogP contribution is -2.39. The molecule has 1 saturated heterocycles. The fourth-order valence-electron chi connectivity index (χ4n) is 0.632. The number of rotatable bonds is 1. The van der Waals surface area contributed by atoms with Crippen LogP contribution in [0.2, 0.25) is 0 Å². The third-order valence-electron chi connectivity index (χ3n) is 1.17. The first-order valence-electron chi connectivity index (χ1n) is 2.73. The molecule has 0 radical (unpaired) electrons. The van der Waals surface area contributed by atoms with Crippen LogP contribution in [0, 0.1) is 0 Å². The highest BCUT2D eigenvalue weighted by Crippen LogP contribution is 2.11. The van der Waals surface area contributed by atoms with E-state index in [-0.39, 0.29) is 23.3 Å². The van der Waals surface area contributed by atoms with Crippen molar-refractivity contribution in [2.45, 2.75) is 0 Å². The summed E-state index contributed by atoms with van der Waals surface area (Å²) < 4.78 is 11.8. The molecule has 0 saturated carbocycles. The summed E-state index contributed by atoms with van der Waals surface area (Å²) in [4.78, 5) is 22.2. The molecule has 3 nitrogen and oxygen atoms in total. The number of carbonyl (C=O) groups excluding carboxylic acids is 2. The summed E-state index contributed by atoms with van der Waals surface area (Å²) in [7, 11) is 0. The number of alkyl halides is 1. The van der Waals surface area contributed by atoms with Crippen molar-refractivity contribution in [1.29, 1.82) is 0 Å². The minimum atomic E-state index is -0.856. The second-order valence-corrected chi connectivity index (χ2v) is 2.90. The van der Waals surface area contributed by atoms with Gasteiger partial charge in [0.2, 0.25) is 11.0 Å². The quantitative estimate of drug-likeness (QED) is 0.511. The van der Waals surface area contributed by atoms with Crippen LogP contribution in [0.25, 0.3) is 0 Å². The summed E-state index contributed by atoms with van der Waals surface area (Å²) in [6.45, 7) is -0.939. The van der Waals surface area contributed by atoms with Gasteiger partial charge in [-0.1, -0.05) is 11.8 Å². The number of thioether (sulfide) groups is 1. The van der Waals surface area contributed by atoms with Gasteiger partial charge in [-0.15, -0.1) is 0 Å². The van der Waals surface area contributed by atoms with E-state index in [4.69, 9.17) is 0 Å². The van der Waals surface area contributed by atoms with Crippen molar-refractivity contribution >= 4 is 22.8 Å². The summed E-state index contributed by atoms with van der Waals surface area (Å²) in [6, 6.07) is 0. The summed E-state index contributed by atoms with van der Waals surface area (Å²) in [5.74, 6) is -0.213. The van der Waals surface area contributed by atoms with Crippen molar-refractivity contribution < 1.29 is 14.0 Å². The van der Waals surface area contributed by atoms with Crippen LogP contribution in [0.15, 0.2) is 0 Å². The number of nitrogens with zero attached hydrogens (tertiary/aromatic N) is 1. The van der Waals surface area contributed by atoms with E-state index < -0.39 is 6.80 Å². The lowest BCUT2D eigenvalue weighted by atomic mass is 10.5. The van der Waals surface area contributed by atoms with Gasteiger partial charge in [0, 0.05) is 0 Å². The van der Waals surface area contributed by atoms with Gasteiger partial charge in [-0.05, 0) is 0 Å². The van der Waals surface area contributed by atoms with Crippen LogP contribution >= 0.6 is 11.8 Å². The SMILES string of the molecule is O=C1CN(CF)C(=O)CS1. The standard InChI is InChI=1S/C5H6FNO2S/c6-3-7-1-5(9)10-2-4(7)8/h1-3H2. The number of halogens is 1. The normalized spacial score (nSPS) is 19.9. The molecule has 0 spiro atoms. The Labute approximate surface area is 61.6 Å². The molecule has 5 heteroatoms. The second kappa shape index (κ2) is 3.01. The van der Waals surface area contributed by atoms with Crippen molar-refractivity contribution in [3.8, 4) is 0 Å². The topological polar surface area (TPSA) is 37.4 Å². The Morgan fingerprint density at radius 1 is 1.60 bits per heavy atom. The van der Waals surface area contributed by atoms with Crippen molar-refractivity contribution in [3.05, 3.63) is 0 Å². The maximum absolute atomic E-state index is 11.8. The first-order chi connectivity index (χ1) is 4.74. The van der Waals surface area contributed by atoms with Crippen molar-refractivity contribution in [3.63, 3.8) is 0 Å². The number of amides is 1. The molecule has 0 aromatic heterocycles. The molecule has 1 fully saturated rings. The van der Waals surface area contributed by atoms with Crippen molar-refractivity contribution in [2.75, 3.05) is 19.1 Å². The van der Waals surface area contributed by atoms with Crippen molar-refractivity contribution in [2.24, 2.45) is 0 Å². The van der Waals surface area contributed by atoms with Gasteiger partial charge in [0.05, 0.1) is 12.3 Å². The predicted molar refractivity (Wildman–Crippen MR) is 35.2 cm³/mol. The van der Waals surface area contributed by atoms with E-state index >= 15 is 0 Å². The van der Waals surface area contributed by atoms with E-state index in [0.29, 0.717) is 0 Å². The van der Waals surface area contributed by atoms with E-state index in [1.165, 1.54) is 0 Å². The molecule has 0 unspecified atom stereocenters. The van der Waals surface area contributed by atoms with Crippen LogP contribution in [0.1, 0.15) is 0 Å². The average Bonchev–Trinajstić information content (AvgIpc) is 1.94. The zero-order valence-electron chi connectivity index (χ0n) is 5.17. The summed E-state index contributed by atoms with van der Waals surface area (Å²) in [5.41, 5.74) is 0. The number of hydrogen-bond acceptors (Lipinski definition) is 3. The van der Waals surface area contributed by atoms with Gasteiger partial charge in [0.15, 0.2) is 6.80 Å². The van der Waals surface area contributed by atoms with E-state index in [0.717, 1.165) is 16.7 Å². The Kier molecular flexibility index (Phi) is 2.26. The Hall–Kier alpha value is -0.580. The molecule has 1 heterocycles. The minimum absolute atomic E-state index is 0.0833. The van der Waals surface area contributed by atoms with Crippen LogP contribution in [-0.4, -0.2) is 35.0 Å². The lowest BCUT2D eigenvalue weighted by Gasteiger charge is -2.21. The average molecular weight is 163 g/mol. The zero-order valence-corrected chi connectivity index (χ0v) is 5.99. The van der Waals surface area contributed by atoms with Gasteiger partial charge in [0.1, 0.15) is 0 Å². The summed E-state index contributed by atoms with van der Waals surface area (Å²) >= 11 is 0.949. The van der Waals surface area contributed by atoms with Crippen LogP contribution in [0.3, 0.4) is 0 Å². The van der Waals surface area contributed by atoms with Crippen molar-refractivity contribution in [1.82, 2.24) is 4.90 Å². The zero-order chi connectivity index (χ0) is 7.56. The summed E-state index contributed by atoms with van der Waals surface area (Å²) in [5, 5.41) is -0.141. The minimum Gasteiger partial charge on any atom is -0.306 e. The molecule has 0 aromatic rings. The van der Waals surface area contributed by atoms with E-state index in [1.807, 2.05) is 0 Å². The van der Waals surface area contributed by atoms with Crippen LogP contribution in [-0.2, 0) is 9.59 Å². The highest BCUT2D eigenvalue weighted by atomic mass is 32.2. The van der Waals surface area contributed by atoms with Gasteiger partial charge in [-0.3, -0.25) is 9.59 Å². The predicted octanol–water partition coefficient (Wildman–Crippen LogP) is 0.0154. The maximum atomic E-state index is 11.8. The number of carbonyl (C=O) groups is 2. The molecule has 0 aromatic carbocycles. The molecule has 1 amide bonds. The fourth-order valence-corrected chi connectivity index (χ4v) is 1.35. The van der Waals surface area contributed by atoms with E-state index in [2.05, 4.69) is 0 Å². The first-order valence-corrected chi connectivity index (χ1v) is 3.72. The first kappa shape index (κ1) is 7.53. The molecule has 1 aliphatic heterocycles. The van der Waals surface area contributed by atoms with Gasteiger partial charge in [-0.2, -0.15) is 0 Å². The summed E-state index contributed by atoms with van der Waals surface area (Å²) in [6.07, 6.45) is 0. The number of hydrogen-bond donors (Lipinski definition) is 0. The highest BCUT2D eigenvalue weighted by Gasteiger charge is 2.23. The molecule has 0 aliphatic carbocycles. The lowest BCUT2D eigenvalue weighted by molar-refractivity contribution is -0.134. The Balaban J connectivity index is 2.53. The van der Waals surface area contributed by atoms with Crippen LogP contribution < -0.4 is 0 Å².